The molecular formula is C9H15BrMg. The van der Waals surface area contributed by atoms with E-state index in [9.17, 15) is 0 Å². The molecule has 0 N–H and O–H groups in total. The maximum atomic E-state index is 3.95. The molecule has 0 spiro atoms. The van der Waals surface area contributed by atoms with Crippen molar-refractivity contribution in [3.05, 3.63) is 24.8 Å². The summed E-state index contributed by atoms with van der Waals surface area (Å²) in [6.45, 7) is 9.76. The second-order valence-corrected chi connectivity index (χ2v) is 3.28. The van der Waals surface area contributed by atoms with Crippen molar-refractivity contribution in [1.29, 1.82) is 0 Å². The van der Waals surface area contributed by atoms with Gasteiger partial charge >= 0.3 is 76.7 Å². The van der Waals surface area contributed by atoms with Crippen molar-refractivity contribution in [2.45, 2.75) is 24.3 Å². The zero-order chi connectivity index (χ0) is 7.98. The molecule has 0 amide bonds. The van der Waals surface area contributed by atoms with Crippen LogP contribution in [0.2, 0.25) is 4.55 Å². The van der Waals surface area contributed by atoms with Gasteiger partial charge in [-0.2, -0.15) is 0 Å². The minimum Gasteiger partial charge on any atom is -1.00 e. The predicted molar refractivity (Wildman–Crippen MR) is 48.3 cm³/mol. The zero-order valence-corrected chi connectivity index (χ0v) is 10.3. The smallest absolute Gasteiger partial charge is 1.00 e. The van der Waals surface area contributed by atoms with Crippen LogP contribution in [0.25, 0.3) is 0 Å². The van der Waals surface area contributed by atoms with E-state index >= 15 is 0 Å². The van der Waals surface area contributed by atoms with Crippen molar-refractivity contribution < 1.29 is 17.0 Å². The Morgan fingerprint density at radius 2 is 2.18 bits per heavy atom. The van der Waals surface area contributed by atoms with Crippen LogP contribution in [0.3, 0.4) is 0 Å². The van der Waals surface area contributed by atoms with Gasteiger partial charge in [0.1, 0.15) is 0 Å². The summed E-state index contributed by atoms with van der Waals surface area (Å²) in [5.41, 5.74) is 1.32. The molecule has 0 aromatic rings. The summed E-state index contributed by atoms with van der Waals surface area (Å²) in [5.74, 6) is 0.719. The molecule has 0 saturated carbocycles. The molecule has 0 fully saturated rings. The van der Waals surface area contributed by atoms with Gasteiger partial charge in [0.2, 0.25) is 0 Å². The van der Waals surface area contributed by atoms with E-state index in [1.807, 2.05) is 27.8 Å². The Bertz CT molecular complexity index is 121. The number of hydrogen-bond acceptors (Lipinski definition) is 0. The molecule has 0 saturated heterocycles. The molecule has 0 aliphatic carbocycles. The Balaban J connectivity index is 0. The van der Waals surface area contributed by atoms with E-state index in [1.54, 1.807) is 0 Å². The van der Waals surface area contributed by atoms with Crippen molar-refractivity contribution in [1.82, 2.24) is 0 Å². The molecule has 0 heterocycles. The predicted octanol–water partition coefficient (Wildman–Crippen LogP) is -0.264. The van der Waals surface area contributed by atoms with E-state index < -0.39 is 0 Å². The number of halogens is 1. The quantitative estimate of drug-likeness (QED) is 0.448. The fraction of sp³-hybridized carbons (Fsp3) is 0.556. The summed E-state index contributed by atoms with van der Waals surface area (Å²) in [6.07, 6.45) is 4.33. The first kappa shape index (κ1) is 14.3. The topological polar surface area (TPSA) is 0 Å². The Morgan fingerprint density at radius 1 is 1.64 bits per heavy atom. The summed E-state index contributed by atoms with van der Waals surface area (Å²) in [4.78, 5) is 0. The van der Waals surface area contributed by atoms with Gasteiger partial charge in [-0.15, -0.1) is 0 Å². The van der Waals surface area contributed by atoms with Gasteiger partial charge in [0.05, 0.1) is 0 Å². The minimum absolute atomic E-state index is 0. The first-order chi connectivity index (χ1) is 4.72. The molecule has 0 aliphatic heterocycles. The van der Waals surface area contributed by atoms with Crippen LogP contribution in [-0.2, 0) is 0 Å². The SMILES string of the molecule is C=CCCC([CH2][Mg+])C(=C)C.[Br-]. The van der Waals surface area contributed by atoms with E-state index in [2.05, 4.69) is 20.1 Å². The van der Waals surface area contributed by atoms with Crippen LogP contribution in [0.5, 0.6) is 0 Å². The molecule has 0 aliphatic rings. The summed E-state index contributed by atoms with van der Waals surface area (Å²) in [6, 6.07) is 0. The van der Waals surface area contributed by atoms with Gasteiger partial charge in [-0.3, -0.25) is 0 Å². The van der Waals surface area contributed by atoms with Crippen LogP contribution in [0.15, 0.2) is 24.8 Å². The van der Waals surface area contributed by atoms with Crippen molar-refractivity contribution >= 4 is 21.7 Å². The standard InChI is InChI=1S/C9H15.BrH.Mg/c1-5-6-7-9(4)8(2)3;;/h5,9H,1-2,4,6-7H2,3H3;1H;/q;;+1/p-1. The van der Waals surface area contributed by atoms with Gasteiger partial charge < -0.3 is 17.0 Å². The average molecular weight is 227 g/mol. The third-order valence-electron chi connectivity index (χ3n) is 1.76. The number of hydrogen-bond donors (Lipinski definition) is 0. The molecule has 0 bridgehead atoms. The maximum absolute atomic E-state index is 3.95. The maximum Gasteiger partial charge on any atom is -1.00 e. The van der Waals surface area contributed by atoms with E-state index in [-0.39, 0.29) is 17.0 Å². The van der Waals surface area contributed by atoms with E-state index in [4.69, 9.17) is 0 Å². The fourth-order valence-corrected chi connectivity index (χ4v) is 1.74. The van der Waals surface area contributed by atoms with Crippen molar-refractivity contribution in [3.63, 3.8) is 0 Å². The van der Waals surface area contributed by atoms with E-state index in [0.29, 0.717) is 0 Å². The van der Waals surface area contributed by atoms with Crippen LogP contribution in [0.1, 0.15) is 19.8 Å². The average Bonchev–Trinajstić information content (AvgIpc) is 1.89. The van der Waals surface area contributed by atoms with E-state index in [0.717, 1.165) is 12.3 Å². The zero-order valence-electron chi connectivity index (χ0n) is 7.28. The summed E-state index contributed by atoms with van der Waals surface area (Å²) in [7, 11) is 0. The van der Waals surface area contributed by atoms with Gasteiger partial charge in [-0.1, -0.05) is 0 Å². The molecule has 1 unspecified atom stereocenters. The third-order valence-corrected chi connectivity index (χ3v) is 2.46. The summed E-state index contributed by atoms with van der Waals surface area (Å²) in [5, 5.41) is 0. The summed E-state index contributed by atoms with van der Waals surface area (Å²) < 4.78 is 1.24. The molecule has 11 heavy (non-hydrogen) atoms. The van der Waals surface area contributed by atoms with Crippen LogP contribution in [-0.4, -0.2) is 21.7 Å². The molecule has 0 rings (SSSR count). The minimum atomic E-state index is 0. The number of rotatable bonds is 5. The molecule has 0 nitrogen and oxygen atoms in total. The monoisotopic (exact) mass is 226 g/mol. The fourth-order valence-electron chi connectivity index (χ4n) is 0.956. The summed E-state index contributed by atoms with van der Waals surface area (Å²) >= 11 is 2.03. The molecule has 0 radical (unpaired) electrons. The molecule has 60 valence electrons. The largest absolute Gasteiger partial charge is 1.00 e. The molecule has 2 heteroatoms. The molecule has 0 aromatic carbocycles. The van der Waals surface area contributed by atoms with Crippen LogP contribution < -0.4 is 17.0 Å². The van der Waals surface area contributed by atoms with E-state index in [1.165, 1.54) is 16.5 Å². The molecular weight excluding hydrogens is 212 g/mol. The van der Waals surface area contributed by atoms with Gasteiger partial charge in [-0.25, -0.2) is 0 Å². The Labute approximate surface area is 93.3 Å². The van der Waals surface area contributed by atoms with Crippen LogP contribution in [0, 0.1) is 5.92 Å². The van der Waals surface area contributed by atoms with Gasteiger partial charge in [0.25, 0.3) is 0 Å². The third kappa shape index (κ3) is 7.10. The Hall–Kier alpha value is 0.726. The van der Waals surface area contributed by atoms with Crippen molar-refractivity contribution in [2.75, 3.05) is 0 Å². The van der Waals surface area contributed by atoms with Gasteiger partial charge in [0.15, 0.2) is 0 Å². The van der Waals surface area contributed by atoms with Gasteiger partial charge in [-0.05, 0) is 0 Å². The first-order valence-corrected chi connectivity index (χ1v) is 4.78. The Morgan fingerprint density at radius 3 is 2.45 bits per heavy atom. The second-order valence-electron chi connectivity index (χ2n) is 2.70. The first-order valence-electron chi connectivity index (χ1n) is 3.78. The van der Waals surface area contributed by atoms with Crippen molar-refractivity contribution in [3.8, 4) is 0 Å². The van der Waals surface area contributed by atoms with Gasteiger partial charge in [0, 0.05) is 0 Å². The normalized spacial score (nSPS) is 11.5. The Kier molecular flexibility index (Phi) is 11.4. The molecule has 1 atom stereocenters. The van der Waals surface area contributed by atoms with Crippen LogP contribution in [0.4, 0.5) is 0 Å². The second kappa shape index (κ2) is 8.82. The number of allylic oxidation sites excluding steroid dienone is 2. The van der Waals surface area contributed by atoms with Crippen molar-refractivity contribution in [2.24, 2.45) is 5.92 Å². The van der Waals surface area contributed by atoms with Crippen LogP contribution >= 0.6 is 0 Å². The molecule has 0 aromatic heterocycles.